The number of carbonyl (C=O) groups is 1. The molecule has 0 aromatic heterocycles. The summed E-state index contributed by atoms with van der Waals surface area (Å²) in [5.41, 5.74) is 8.28. The second-order valence-electron chi connectivity index (χ2n) is 5.33. The van der Waals surface area contributed by atoms with Crippen molar-refractivity contribution in [1.82, 2.24) is 4.90 Å². The SMILES string of the molecule is CCCCN(C)CCCC(=O)Nc1cccc(N)c1C. The van der Waals surface area contributed by atoms with Crippen LogP contribution in [0, 0.1) is 6.92 Å². The molecule has 0 radical (unpaired) electrons. The Labute approximate surface area is 122 Å². The number of hydrogen-bond donors (Lipinski definition) is 2. The van der Waals surface area contributed by atoms with Crippen molar-refractivity contribution in [3.05, 3.63) is 23.8 Å². The molecule has 1 aromatic carbocycles. The Morgan fingerprint density at radius 3 is 2.70 bits per heavy atom. The lowest BCUT2D eigenvalue weighted by molar-refractivity contribution is -0.116. The van der Waals surface area contributed by atoms with Crippen molar-refractivity contribution in [2.24, 2.45) is 0 Å². The van der Waals surface area contributed by atoms with E-state index in [1.165, 1.54) is 12.8 Å². The van der Waals surface area contributed by atoms with Gasteiger partial charge in [-0.25, -0.2) is 0 Å². The van der Waals surface area contributed by atoms with E-state index >= 15 is 0 Å². The van der Waals surface area contributed by atoms with Gasteiger partial charge in [0, 0.05) is 17.8 Å². The van der Waals surface area contributed by atoms with E-state index in [4.69, 9.17) is 5.73 Å². The van der Waals surface area contributed by atoms with Crippen molar-refractivity contribution in [3.8, 4) is 0 Å². The molecule has 1 amide bonds. The van der Waals surface area contributed by atoms with E-state index in [0.717, 1.165) is 30.8 Å². The number of unbranched alkanes of at least 4 members (excludes halogenated alkanes) is 1. The van der Waals surface area contributed by atoms with Gasteiger partial charge in [-0.3, -0.25) is 4.79 Å². The van der Waals surface area contributed by atoms with Crippen LogP contribution in [0.4, 0.5) is 11.4 Å². The smallest absolute Gasteiger partial charge is 0.224 e. The molecule has 0 saturated carbocycles. The molecule has 4 nitrogen and oxygen atoms in total. The zero-order chi connectivity index (χ0) is 15.0. The monoisotopic (exact) mass is 277 g/mol. The predicted molar refractivity (Wildman–Crippen MR) is 85.9 cm³/mol. The number of nitrogens with two attached hydrogens (primary N) is 1. The van der Waals surface area contributed by atoms with Gasteiger partial charge in [0.2, 0.25) is 5.91 Å². The normalized spacial score (nSPS) is 10.8. The fourth-order valence-corrected chi connectivity index (χ4v) is 2.05. The van der Waals surface area contributed by atoms with Gasteiger partial charge in [0.25, 0.3) is 0 Å². The van der Waals surface area contributed by atoms with Gasteiger partial charge in [-0.1, -0.05) is 19.4 Å². The summed E-state index contributed by atoms with van der Waals surface area (Å²) in [5, 5.41) is 2.93. The Hall–Kier alpha value is -1.55. The molecule has 1 rings (SSSR count). The summed E-state index contributed by atoms with van der Waals surface area (Å²) in [7, 11) is 2.11. The van der Waals surface area contributed by atoms with Crippen LogP contribution in [0.5, 0.6) is 0 Å². The van der Waals surface area contributed by atoms with Gasteiger partial charge in [-0.05, 0) is 57.6 Å². The van der Waals surface area contributed by atoms with Crippen LogP contribution in [0.1, 0.15) is 38.2 Å². The van der Waals surface area contributed by atoms with Crippen molar-refractivity contribution in [2.75, 3.05) is 31.2 Å². The Morgan fingerprint density at radius 1 is 1.30 bits per heavy atom. The number of anilines is 2. The Kier molecular flexibility index (Phi) is 7.09. The summed E-state index contributed by atoms with van der Waals surface area (Å²) in [6, 6.07) is 5.58. The molecule has 0 fully saturated rings. The van der Waals surface area contributed by atoms with E-state index in [-0.39, 0.29) is 5.91 Å². The van der Waals surface area contributed by atoms with Gasteiger partial charge in [-0.15, -0.1) is 0 Å². The van der Waals surface area contributed by atoms with E-state index in [9.17, 15) is 4.79 Å². The largest absolute Gasteiger partial charge is 0.398 e. The number of rotatable bonds is 8. The molecule has 112 valence electrons. The van der Waals surface area contributed by atoms with Crippen LogP contribution in [0.15, 0.2) is 18.2 Å². The molecule has 0 aliphatic heterocycles. The zero-order valence-electron chi connectivity index (χ0n) is 12.9. The van der Waals surface area contributed by atoms with Crippen molar-refractivity contribution in [3.63, 3.8) is 0 Å². The first-order valence-corrected chi connectivity index (χ1v) is 7.38. The van der Waals surface area contributed by atoms with Crippen molar-refractivity contribution < 1.29 is 4.79 Å². The van der Waals surface area contributed by atoms with E-state index in [1.807, 2.05) is 25.1 Å². The second-order valence-corrected chi connectivity index (χ2v) is 5.33. The highest BCUT2D eigenvalue weighted by Crippen LogP contribution is 2.20. The van der Waals surface area contributed by atoms with Gasteiger partial charge in [-0.2, -0.15) is 0 Å². The predicted octanol–water partition coefficient (Wildman–Crippen LogP) is 3.03. The summed E-state index contributed by atoms with van der Waals surface area (Å²) < 4.78 is 0. The highest BCUT2D eigenvalue weighted by molar-refractivity contribution is 5.92. The lowest BCUT2D eigenvalue weighted by Crippen LogP contribution is -2.22. The number of benzene rings is 1. The van der Waals surface area contributed by atoms with Crippen LogP contribution in [0.25, 0.3) is 0 Å². The highest BCUT2D eigenvalue weighted by atomic mass is 16.1. The third-order valence-corrected chi connectivity index (χ3v) is 3.49. The van der Waals surface area contributed by atoms with Gasteiger partial charge in [0.15, 0.2) is 0 Å². The summed E-state index contributed by atoms with van der Waals surface area (Å²) in [6.45, 7) is 6.18. The topological polar surface area (TPSA) is 58.4 Å². The lowest BCUT2D eigenvalue weighted by atomic mass is 10.1. The first kappa shape index (κ1) is 16.5. The first-order chi connectivity index (χ1) is 9.54. The summed E-state index contributed by atoms with van der Waals surface area (Å²) in [5.74, 6) is 0.0580. The van der Waals surface area contributed by atoms with Crippen LogP contribution < -0.4 is 11.1 Å². The lowest BCUT2D eigenvalue weighted by Gasteiger charge is -2.16. The molecule has 1 aromatic rings. The van der Waals surface area contributed by atoms with Crippen molar-refractivity contribution in [1.29, 1.82) is 0 Å². The Balaban J connectivity index is 2.32. The van der Waals surface area contributed by atoms with E-state index in [0.29, 0.717) is 12.1 Å². The van der Waals surface area contributed by atoms with E-state index in [2.05, 4.69) is 24.2 Å². The maximum Gasteiger partial charge on any atom is 0.224 e. The average Bonchev–Trinajstić information content (AvgIpc) is 2.41. The molecule has 0 spiro atoms. The molecule has 0 atom stereocenters. The van der Waals surface area contributed by atoms with Crippen LogP contribution >= 0.6 is 0 Å². The quantitative estimate of drug-likeness (QED) is 0.718. The van der Waals surface area contributed by atoms with Gasteiger partial charge in [0.05, 0.1) is 0 Å². The fourth-order valence-electron chi connectivity index (χ4n) is 2.05. The Morgan fingerprint density at radius 2 is 2.00 bits per heavy atom. The molecular weight excluding hydrogens is 250 g/mol. The summed E-state index contributed by atoms with van der Waals surface area (Å²) >= 11 is 0. The third-order valence-electron chi connectivity index (χ3n) is 3.49. The Bertz CT molecular complexity index is 432. The van der Waals surface area contributed by atoms with Gasteiger partial charge >= 0.3 is 0 Å². The summed E-state index contributed by atoms with van der Waals surface area (Å²) in [6.07, 6.45) is 3.85. The summed E-state index contributed by atoms with van der Waals surface area (Å²) in [4.78, 5) is 14.2. The fraction of sp³-hybridized carbons (Fsp3) is 0.562. The van der Waals surface area contributed by atoms with E-state index in [1.54, 1.807) is 0 Å². The van der Waals surface area contributed by atoms with Crippen LogP contribution in [0.2, 0.25) is 0 Å². The maximum atomic E-state index is 11.9. The standard InChI is InChI=1S/C16H27N3O/c1-4-5-11-19(3)12-7-10-16(20)18-15-9-6-8-14(17)13(15)2/h6,8-9H,4-5,7,10-12,17H2,1-3H3,(H,18,20). The molecule has 3 N–H and O–H groups in total. The highest BCUT2D eigenvalue weighted by Gasteiger charge is 2.07. The minimum Gasteiger partial charge on any atom is -0.398 e. The number of hydrogen-bond acceptors (Lipinski definition) is 3. The maximum absolute atomic E-state index is 11.9. The van der Waals surface area contributed by atoms with Crippen molar-refractivity contribution in [2.45, 2.75) is 39.5 Å². The minimum atomic E-state index is 0.0580. The number of carbonyl (C=O) groups excluding carboxylic acids is 1. The molecule has 0 aliphatic rings. The molecule has 0 heterocycles. The minimum absolute atomic E-state index is 0.0580. The molecule has 0 saturated heterocycles. The van der Waals surface area contributed by atoms with Crippen LogP contribution in [0.3, 0.4) is 0 Å². The first-order valence-electron chi connectivity index (χ1n) is 7.38. The number of nitrogens with one attached hydrogen (secondary N) is 1. The van der Waals surface area contributed by atoms with Crippen LogP contribution in [-0.2, 0) is 4.79 Å². The number of amides is 1. The van der Waals surface area contributed by atoms with Gasteiger partial charge in [0.1, 0.15) is 0 Å². The molecule has 4 heteroatoms. The molecular formula is C16H27N3O. The number of nitrogens with zero attached hydrogens (tertiary/aromatic N) is 1. The third kappa shape index (κ3) is 5.61. The number of nitrogen functional groups attached to an aromatic ring is 1. The zero-order valence-corrected chi connectivity index (χ0v) is 12.9. The molecule has 0 unspecified atom stereocenters. The van der Waals surface area contributed by atoms with E-state index < -0.39 is 0 Å². The van der Waals surface area contributed by atoms with Crippen molar-refractivity contribution >= 4 is 17.3 Å². The molecule has 20 heavy (non-hydrogen) atoms. The molecule has 0 bridgehead atoms. The van der Waals surface area contributed by atoms with Gasteiger partial charge < -0.3 is 16.0 Å². The molecule has 0 aliphatic carbocycles. The average molecular weight is 277 g/mol. The second kappa shape index (κ2) is 8.59. The van der Waals surface area contributed by atoms with Crippen LogP contribution in [-0.4, -0.2) is 30.9 Å².